The summed E-state index contributed by atoms with van der Waals surface area (Å²) in [5, 5.41) is 87.4. The van der Waals surface area contributed by atoms with Crippen LogP contribution in [0.4, 0.5) is 52.7 Å². The number of carboxylic acids is 8. The van der Waals surface area contributed by atoms with Gasteiger partial charge in [-0.3, -0.25) is 0 Å². The molecule has 0 fully saturated rings. The van der Waals surface area contributed by atoms with Crippen molar-refractivity contribution in [2.75, 3.05) is 13.1 Å². The number of carbonyl (C=O) groups is 8. The number of nitriles is 2. The predicted octanol–water partition coefficient (Wildman–Crippen LogP) is 13.9. The van der Waals surface area contributed by atoms with Gasteiger partial charge in [-0.1, -0.05) is 107 Å². The minimum atomic E-state index is -5.18. The summed E-state index contributed by atoms with van der Waals surface area (Å²) in [6.07, 6.45) is -13.7. The van der Waals surface area contributed by atoms with Crippen LogP contribution in [0.15, 0.2) is 44.6 Å². The van der Waals surface area contributed by atoms with Gasteiger partial charge in [0, 0.05) is 35.1 Å². The lowest BCUT2D eigenvalue weighted by atomic mass is 9.88. The number of carboxylic acid groups (broad SMARTS) is 8. The van der Waals surface area contributed by atoms with Gasteiger partial charge in [0.05, 0.1) is 58.1 Å². The highest BCUT2D eigenvalue weighted by molar-refractivity contribution is 6.01. The van der Waals surface area contributed by atoms with Crippen molar-refractivity contribution in [3.05, 3.63) is 44.6 Å². The van der Waals surface area contributed by atoms with Gasteiger partial charge in [0.25, 0.3) is 0 Å². The van der Waals surface area contributed by atoms with Gasteiger partial charge in [-0.25, -0.2) is 38.4 Å². The van der Waals surface area contributed by atoms with Gasteiger partial charge >= 0.3 is 72.5 Å². The van der Waals surface area contributed by atoms with Crippen LogP contribution in [-0.4, -0.2) is 126 Å². The number of rotatable bonds is 26. The third-order valence-corrected chi connectivity index (χ3v) is 10.9. The van der Waals surface area contributed by atoms with Crippen molar-refractivity contribution in [3.8, 4) is 12.1 Å². The molecule has 0 aliphatic rings. The van der Waals surface area contributed by atoms with Crippen molar-refractivity contribution < 1.29 is 132 Å². The van der Waals surface area contributed by atoms with E-state index in [2.05, 4.69) is 55.4 Å². The summed E-state index contributed by atoms with van der Waals surface area (Å²) in [7, 11) is 0. The molecule has 0 radical (unpaired) electrons. The van der Waals surface area contributed by atoms with Crippen molar-refractivity contribution >= 4 is 47.8 Å². The highest BCUT2D eigenvalue weighted by Gasteiger charge is 2.49. The third kappa shape index (κ3) is 50.9. The number of aliphatic carboxylic acids is 8. The van der Waals surface area contributed by atoms with E-state index in [1.807, 2.05) is 0 Å². The fourth-order valence-corrected chi connectivity index (χ4v) is 5.23. The quantitative estimate of drug-likeness (QED) is 0.0284. The molecular formula is C56H88F12N4O16. The van der Waals surface area contributed by atoms with Gasteiger partial charge in [0.2, 0.25) is 0 Å². The summed E-state index contributed by atoms with van der Waals surface area (Å²) >= 11 is 0. The summed E-state index contributed by atoms with van der Waals surface area (Å²) in [4.78, 5) is 86.6. The average molecular weight is 1300 g/mol. The topological polar surface area (TPSA) is 398 Å². The first-order chi connectivity index (χ1) is 40.1. The number of hydrogen-bond acceptors (Lipinski definition) is 12. The minimum absolute atomic E-state index is 0.0635. The molecule has 4 atom stereocenters. The summed E-state index contributed by atoms with van der Waals surface area (Å²) < 4.78 is 147. The number of nitrogens with two attached hydrogens (primary N) is 2. The minimum Gasteiger partial charge on any atom is -0.478 e. The predicted molar refractivity (Wildman–Crippen MR) is 299 cm³/mol. The maximum Gasteiger partial charge on any atom is 0.395 e. The van der Waals surface area contributed by atoms with E-state index in [0.717, 1.165) is 0 Å². The molecule has 0 spiro atoms. The molecule has 20 nitrogen and oxygen atoms in total. The van der Waals surface area contributed by atoms with Gasteiger partial charge in [-0.15, -0.1) is 0 Å². The molecule has 0 saturated heterocycles. The summed E-state index contributed by atoms with van der Waals surface area (Å²) in [6, 6.07) is 3.30. The van der Waals surface area contributed by atoms with Gasteiger partial charge in [-0.2, -0.15) is 63.2 Å². The van der Waals surface area contributed by atoms with E-state index in [9.17, 15) is 91.0 Å². The molecule has 32 heteroatoms. The van der Waals surface area contributed by atoms with Crippen LogP contribution < -0.4 is 11.5 Å². The van der Waals surface area contributed by atoms with Crippen molar-refractivity contribution in [1.29, 1.82) is 10.5 Å². The fraction of sp³-hybridized carbons (Fsp3) is 0.679. The zero-order valence-corrected chi connectivity index (χ0v) is 51.5. The Kier molecular flexibility index (Phi) is 58.3. The second kappa shape index (κ2) is 52.9. The standard InChI is InChI=1S/2C10H10F6O4.C10H10N2O4.C10H18N2O4.4C4H10/c1-3(9(11,12)13)5(7(17)18)6(8(19)20)4(2)10(14,15)16;11-9(12,13)3-1-5(7(17)18)6(8(19)20)2-4-10(14,15)16;1-5(3-11)7(9(13)14)8(10(15)16)6(2)4-12;11-5-1-3-7(9(13)14)8(10(15)16)4-2-6-12;4*1-3-4-2/h3-4H,1-2H3,(H,17,18)(H,19,20);1-4H2,(H,17,18)(H,19,20);5-6H,1-2H3,(H,13,14)(H,15,16);1-6,11-12H2,(H,13,14)(H,15,16);4*3-4H2,1-2H3/b2*6-5-;2*8-7-;;;;. The smallest absolute Gasteiger partial charge is 0.395 e. The summed E-state index contributed by atoms with van der Waals surface area (Å²) in [5.41, 5.74) is 3.35. The Bertz CT molecular complexity index is 2150. The SMILES string of the molecule is CC(/C(C(=O)O)=C(/C(=O)O)C(C)C(F)(F)F)C(F)(F)F.CC(C#N)/C(C(=O)O)=C(/C(=O)O)C(C)C#N.CCCC.CCCC.CCCC.CCCC.NCCC/C(C(=O)O)=C(\CCCN)C(=O)O.O=C(O)/C(CCC(F)(F)F)=C(/CCC(F)(F)F)C(=O)O. The molecule has 0 bridgehead atoms. The Balaban J connectivity index is -0.000000149. The molecule has 88 heavy (non-hydrogen) atoms. The Morgan fingerprint density at radius 1 is 0.352 bits per heavy atom. The highest BCUT2D eigenvalue weighted by Crippen LogP contribution is 2.39. The van der Waals surface area contributed by atoms with Crippen LogP contribution >= 0.6 is 0 Å². The average Bonchev–Trinajstić information content (AvgIpc) is 3.41. The first-order valence-electron chi connectivity index (χ1n) is 27.4. The maximum absolute atomic E-state index is 12.5. The van der Waals surface area contributed by atoms with E-state index < -0.39 is 155 Å². The summed E-state index contributed by atoms with van der Waals surface area (Å²) in [6.45, 7) is 21.2. The Morgan fingerprint density at radius 3 is 0.648 bits per heavy atom. The van der Waals surface area contributed by atoms with E-state index in [1.165, 1.54) is 65.2 Å². The van der Waals surface area contributed by atoms with E-state index in [4.69, 9.17) is 62.8 Å². The second-order valence-electron chi connectivity index (χ2n) is 18.3. The third-order valence-electron chi connectivity index (χ3n) is 10.9. The number of halogens is 12. The number of unbranched alkanes of at least 4 members (excludes halogenated alkanes) is 4. The van der Waals surface area contributed by atoms with Crippen LogP contribution in [0.3, 0.4) is 0 Å². The molecule has 0 aromatic carbocycles. The molecule has 0 aliphatic carbocycles. The molecule has 12 N–H and O–H groups in total. The molecule has 0 amide bonds. The van der Waals surface area contributed by atoms with Crippen molar-refractivity contribution in [3.63, 3.8) is 0 Å². The Hall–Kier alpha value is -7.22. The molecular weight excluding hydrogens is 1210 g/mol. The molecule has 0 saturated carbocycles. The first kappa shape index (κ1) is 97.1. The van der Waals surface area contributed by atoms with Crippen molar-refractivity contribution in [2.45, 2.75) is 211 Å². The fourth-order valence-electron chi connectivity index (χ4n) is 5.23. The highest BCUT2D eigenvalue weighted by atomic mass is 19.4. The van der Waals surface area contributed by atoms with Crippen LogP contribution in [0.25, 0.3) is 0 Å². The lowest BCUT2D eigenvalue weighted by Gasteiger charge is -2.23. The largest absolute Gasteiger partial charge is 0.478 e. The van der Waals surface area contributed by atoms with Crippen LogP contribution in [0.1, 0.15) is 186 Å². The monoisotopic (exact) mass is 1300 g/mol. The molecule has 0 aromatic rings. The van der Waals surface area contributed by atoms with E-state index >= 15 is 0 Å². The number of nitrogens with zero attached hydrogens (tertiary/aromatic N) is 2. The molecule has 0 heterocycles. The van der Waals surface area contributed by atoms with Crippen molar-refractivity contribution in [2.24, 2.45) is 35.1 Å². The molecule has 512 valence electrons. The van der Waals surface area contributed by atoms with Crippen LogP contribution in [0.2, 0.25) is 0 Å². The van der Waals surface area contributed by atoms with E-state index in [-0.39, 0.29) is 37.8 Å². The second-order valence-corrected chi connectivity index (χ2v) is 18.3. The maximum atomic E-state index is 12.5. The van der Waals surface area contributed by atoms with Crippen LogP contribution in [-0.2, 0) is 38.4 Å². The zero-order chi connectivity index (χ0) is 71.7. The number of alkyl halides is 12. The lowest BCUT2D eigenvalue weighted by molar-refractivity contribution is -0.172. The van der Waals surface area contributed by atoms with E-state index in [1.54, 1.807) is 12.1 Å². The van der Waals surface area contributed by atoms with Crippen LogP contribution in [0, 0.1) is 46.3 Å². The molecule has 0 rings (SSSR count). The Morgan fingerprint density at radius 2 is 0.534 bits per heavy atom. The van der Waals surface area contributed by atoms with Gasteiger partial charge in [-0.05, 0) is 79.3 Å². The van der Waals surface area contributed by atoms with Gasteiger partial charge < -0.3 is 52.3 Å². The first-order valence-corrected chi connectivity index (χ1v) is 27.4. The Labute approximate surface area is 504 Å². The zero-order valence-electron chi connectivity index (χ0n) is 51.5. The lowest BCUT2D eigenvalue weighted by Crippen LogP contribution is -2.33. The van der Waals surface area contributed by atoms with E-state index in [0.29, 0.717) is 25.9 Å². The van der Waals surface area contributed by atoms with Gasteiger partial charge in [0.1, 0.15) is 0 Å². The van der Waals surface area contributed by atoms with Crippen LogP contribution in [0.5, 0.6) is 0 Å². The normalized spacial score (nSPS) is 13.4. The molecule has 4 unspecified atom stereocenters. The molecule has 0 aromatic heterocycles. The van der Waals surface area contributed by atoms with Gasteiger partial charge in [0.15, 0.2) is 0 Å². The molecule has 0 aliphatic heterocycles. The summed E-state index contributed by atoms with van der Waals surface area (Å²) in [5.74, 6) is -21.9. The number of hydrogen-bond donors (Lipinski definition) is 10. The van der Waals surface area contributed by atoms with Crippen molar-refractivity contribution in [1.82, 2.24) is 0 Å².